The molecule has 0 spiro atoms. The lowest BCUT2D eigenvalue weighted by Crippen LogP contribution is -2.45. The number of ether oxygens (including phenoxy) is 1. The highest BCUT2D eigenvalue weighted by molar-refractivity contribution is 6.00. The quantitative estimate of drug-likeness (QED) is 0.884. The number of nitrogens with zero attached hydrogens (tertiary/aromatic N) is 1. The van der Waals surface area contributed by atoms with Gasteiger partial charge in [-0.2, -0.15) is 0 Å². The molecule has 22 heavy (non-hydrogen) atoms. The van der Waals surface area contributed by atoms with Crippen LogP contribution in [0.2, 0.25) is 0 Å². The lowest BCUT2D eigenvalue weighted by molar-refractivity contribution is -0.126. The zero-order chi connectivity index (χ0) is 15.7. The van der Waals surface area contributed by atoms with E-state index in [-0.39, 0.29) is 5.91 Å². The Kier molecular flexibility index (Phi) is 3.75. The predicted molar refractivity (Wildman–Crippen MR) is 87.9 cm³/mol. The maximum atomic E-state index is 12.7. The van der Waals surface area contributed by atoms with Crippen LogP contribution in [0.25, 0.3) is 0 Å². The second kappa shape index (κ2) is 5.72. The fourth-order valence-electron chi connectivity index (χ4n) is 2.72. The first kappa shape index (κ1) is 14.4. The molecular formula is C18H20N2O2. The highest BCUT2D eigenvalue weighted by atomic mass is 16.5. The molecule has 0 bridgehead atoms. The standard InChI is InChI=1S/C18H20N2O2/c1-3-16-18(21)20(11-13-7-5-4-6-12(13)2)15-10-14(19)8-9-17(15)22-16/h4-10,16H,3,11,19H2,1-2H3. The van der Waals surface area contributed by atoms with Gasteiger partial charge >= 0.3 is 0 Å². The molecule has 0 aliphatic carbocycles. The number of carbonyl (C=O) groups is 1. The zero-order valence-electron chi connectivity index (χ0n) is 12.9. The van der Waals surface area contributed by atoms with Gasteiger partial charge < -0.3 is 15.4 Å². The molecule has 2 aromatic carbocycles. The van der Waals surface area contributed by atoms with Crippen molar-refractivity contribution < 1.29 is 9.53 Å². The summed E-state index contributed by atoms with van der Waals surface area (Å²) in [4.78, 5) is 14.5. The van der Waals surface area contributed by atoms with Gasteiger partial charge in [0.15, 0.2) is 6.10 Å². The van der Waals surface area contributed by atoms with Gasteiger partial charge in [-0.05, 0) is 42.7 Å². The largest absolute Gasteiger partial charge is 0.478 e. The number of rotatable bonds is 3. The van der Waals surface area contributed by atoms with E-state index in [1.807, 2.05) is 31.2 Å². The molecule has 1 atom stereocenters. The summed E-state index contributed by atoms with van der Waals surface area (Å²) in [5, 5.41) is 0. The third kappa shape index (κ3) is 2.52. The van der Waals surface area contributed by atoms with Gasteiger partial charge in [0.25, 0.3) is 5.91 Å². The van der Waals surface area contributed by atoms with Gasteiger partial charge in [-0.15, -0.1) is 0 Å². The summed E-state index contributed by atoms with van der Waals surface area (Å²) < 4.78 is 5.80. The van der Waals surface area contributed by atoms with Crippen molar-refractivity contribution in [3.63, 3.8) is 0 Å². The number of carbonyl (C=O) groups excluding carboxylic acids is 1. The number of hydrogen-bond acceptors (Lipinski definition) is 3. The number of nitrogens with two attached hydrogens (primary N) is 1. The zero-order valence-corrected chi connectivity index (χ0v) is 12.9. The highest BCUT2D eigenvalue weighted by Crippen LogP contribution is 2.37. The molecule has 2 aromatic rings. The molecule has 0 saturated carbocycles. The van der Waals surface area contributed by atoms with Gasteiger partial charge in [-0.1, -0.05) is 31.2 Å². The summed E-state index contributed by atoms with van der Waals surface area (Å²) in [6.45, 7) is 4.54. The van der Waals surface area contributed by atoms with Gasteiger partial charge in [0.1, 0.15) is 5.75 Å². The van der Waals surface area contributed by atoms with Crippen LogP contribution in [0, 0.1) is 6.92 Å². The molecule has 114 valence electrons. The molecule has 2 N–H and O–H groups in total. The van der Waals surface area contributed by atoms with E-state index in [1.165, 1.54) is 5.56 Å². The number of nitrogen functional groups attached to an aromatic ring is 1. The van der Waals surface area contributed by atoms with Gasteiger partial charge in [-0.3, -0.25) is 4.79 Å². The minimum Gasteiger partial charge on any atom is -0.478 e. The molecule has 1 aliphatic heterocycles. The second-order valence-electron chi connectivity index (χ2n) is 5.59. The number of aryl methyl sites for hydroxylation is 1. The Hall–Kier alpha value is -2.49. The summed E-state index contributed by atoms with van der Waals surface area (Å²) >= 11 is 0. The van der Waals surface area contributed by atoms with Crippen LogP contribution in [-0.2, 0) is 11.3 Å². The Morgan fingerprint density at radius 3 is 2.73 bits per heavy atom. The van der Waals surface area contributed by atoms with E-state index in [1.54, 1.807) is 17.0 Å². The first-order valence-corrected chi connectivity index (χ1v) is 7.52. The molecule has 0 radical (unpaired) electrons. The van der Waals surface area contributed by atoms with Crippen LogP contribution in [0.3, 0.4) is 0 Å². The number of amides is 1. The van der Waals surface area contributed by atoms with Crippen LogP contribution >= 0.6 is 0 Å². The Balaban J connectivity index is 2.03. The number of anilines is 2. The normalized spacial score (nSPS) is 17.1. The summed E-state index contributed by atoms with van der Waals surface area (Å²) in [5.74, 6) is 0.707. The first-order valence-electron chi connectivity index (χ1n) is 7.52. The van der Waals surface area contributed by atoms with Crippen molar-refractivity contribution in [2.45, 2.75) is 32.9 Å². The van der Waals surface area contributed by atoms with E-state index in [9.17, 15) is 4.79 Å². The molecule has 1 amide bonds. The van der Waals surface area contributed by atoms with E-state index < -0.39 is 6.10 Å². The van der Waals surface area contributed by atoms with Gasteiger partial charge in [0.2, 0.25) is 0 Å². The second-order valence-corrected chi connectivity index (χ2v) is 5.59. The number of fused-ring (bicyclic) bond motifs is 1. The minimum absolute atomic E-state index is 0.0103. The Labute approximate surface area is 130 Å². The minimum atomic E-state index is -0.430. The van der Waals surface area contributed by atoms with Gasteiger partial charge in [0, 0.05) is 5.69 Å². The van der Waals surface area contributed by atoms with Crippen LogP contribution in [0.4, 0.5) is 11.4 Å². The maximum absolute atomic E-state index is 12.7. The molecule has 1 aliphatic rings. The number of hydrogen-bond donors (Lipinski definition) is 1. The van der Waals surface area contributed by atoms with Gasteiger partial charge in [0.05, 0.1) is 12.2 Å². The molecule has 0 fully saturated rings. The lowest BCUT2D eigenvalue weighted by Gasteiger charge is -2.34. The molecular weight excluding hydrogens is 276 g/mol. The summed E-state index contributed by atoms with van der Waals surface area (Å²) in [6, 6.07) is 13.5. The smallest absolute Gasteiger partial charge is 0.268 e. The molecule has 3 rings (SSSR count). The number of benzene rings is 2. The summed E-state index contributed by atoms with van der Waals surface area (Å²) in [6.07, 6.45) is 0.215. The molecule has 1 unspecified atom stereocenters. The molecule has 0 aromatic heterocycles. The predicted octanol–water partition coefficient (Wildman–Crippen LogP) is 3.28. The van der Waals surface area contributed by atoms with Crippen LogP contribution in [0.15, 0.2) is 42.5 Å². The van der Waals surface area contributed by atoms with E-state index in [0.29, 0.717) is 24.4 Å². The Bertz CT molecular complexity index is 712. The average molecular weight is 296 g/mol. The fourth-order valence-corrected chi connectivity index (χ4v) is 2.72. The Morgan fingerprint density at radius 1 is 1.23 bits per heavy atom. The Morgan fingerprint density at radius 2 is 2.00 bits per heavy atom. The molecule has 4 nitrogen and oxygen atoms in total. The molecule has 0 saturated heterocycles. The third-order valence-electron chi connectivity index (χ3n) is 4.04. The van der Waals surface area contributed by atoms with Crippen molar-refractivity contribution in [2.75, 3.05) is 10.6 Å². The monoisotopic (exact) mass is 296 g/mol. The van der Waals surface area contributed by atoms with E-state index >= 15 is 0 Å². The summed E-state index contributed by atoms with van der Waals surface area (Å²) in [5.41, 5.74) is 9.55. The maximum Gasteiger partial charge on any atom is 0.268 e. The van der Waals surface area contributed by atoms with Crippen molar-refractivity contribution in [1.82, 2.24) is 0 Å². The van der Waals surface area contributed by atoms with Crippen molar-refractivity contribution >= 4 is 17.3 Å². The van der Waals surface area contributed by atoms with Crippen LogP contribution < -0.4 is 15.4 Å². The SMILES string of the molecule is CCC1Oc2ccc(N)cc2N(Cc2ccccc2C)C1=O. The summed E-state index contributed by atoms with van der Waals surface area (Å²) in [7, 11) is 0. The van der Waals surface area contributed by atoms with Gasteiger partial charge in [-0.25, -0.2) is 0 Å². The third-order valence-corrected chi connectivity index (χ3v) is 4.04. The lowest BCUT2D eigenvalue weighted by atomic mass is 10.1. The van der Waals surface area contributed by atoms with Crippen LogP contribution in [0.5, 0.6) is 5.75 Å². The highest BCUT2D eigenvalue weighted by Gasteiger charge is 2.33. The first-order chi connectivity index (χ1) is 10.6. The topological polar surface area (TPSA) is 55.6 Å². The van der Waals surface area contributed by atoms with Crippen molar-refractivity contribution in [1.29, 1.82) is 0 Å². The average Bonchev–Trinajstić information content (AvgIpc) is 2.52. The van der Waals surface area contributed by atoms with Crippen molar-refractivity contribution in [3.8, 4) is 5.75 Å². The van der Waals surface area contributed by atoms with E-state index in [4.69, 9.17) is 10.5 Å². The van der Waals surface area contributed by atoms with Crippen LogP contribution in [0.1, 0.15) is 24.5 Å². The molecule has 1 heterocycles. The van der Waals surface area contributed by atoms with Crippen molar-refractivity contribution in [3.05, 3.63) is 53.6 Å². The molecule has 4 heteroatoms. The van der Waals surface area contributed by atoms with Crippen LogP contribution in [-0.4, -0.2) is 12.0 Å². The van der Waals surface area contributed by atoms with E-state index in [0.717, 1.165) is 11.3 Å². The van der Waals surface area contributed by atoms with E-state index in [2.05, 4.69) is 13.0 Å². The fraction of sp³-hybridized carbons (Fsp3) is 0.278. The van der Waals surface area contributed by atoms with Crippen molar-refractivity contribution in [2.24, 2.45) is 0 Å².